The first-order chi connectivity index (χ1) is 15.5. The van der Waals surface area contributed by atoms with Gasteiger partial charge >= 0.3 is 5.97 Å². The lowest BCUT2D eigenvalue weighted by Gasteiger charge is -2.15. The number of amides is 1. The molecule has 2 N–H and O–H groups in total. The first-order valence-corrected chi connectivity index (χ1v) is 9.85. The molecule has 0 radical (unpaired) electrons. The highest BCUT2D eigenvalue weighted by atomic mass is 16.5. The molecule has 0 bridgehead atoms. The maximum absolute atomic E-state index is 12.8. The third-order valence-corrected chi connectivity index (χ3v) is 4.55. The number of aromatic nitrogens is 1. The molecule has 1 aromatic heterocycles. The molecule has 0 atom stereocenters. The zero-order valence-electron chi connectivity index (χ0n) is 18.1. The Morgan fingerprint density at radius 1 is 1.03 bits per heavy atom. The van der Waals surface area contributed by atoms with Crippen LogP contribution in [-0.2, 0) is 11.3 Å². The van der Waals surface area contributed by atoms with E-state index in [0.717, 1.165) is 11.1 Å². The Morgan fingerprint density at radius 2 is 1.78 bits per heavy atom. The number of pyridine rings is 1. The van der Waals surface area contributed by atoms with Crippen LogP contribution >= 0.6 is 0 Å². The van der Waals surface area contributed by atoms with Crippen LogP contribution in [0.25, 0.3) is 0 Å². The molecule has 0 spiro atoms. The van der Waals surface area contributed by atoms with Gasteiger partial charge in [0.15, 0.2) is 0 Å². The van der Waals surface area contributed by atoms with Gasteiger partial charge in [-0.1, -0.05) is 12.1 Å². The van der Waals surface area contributed by atoms with Crippen molar-refractivity contribution in [2.45, 2.75) is 13.5 Å². The molecule has 3 aromatic rings. The molecule has 2 aromatic carbocycles. The number of carbonyl (C=O) groups is 2. The third kappa shape index (κ3) is 5.91. The van der Waals surface area contributed by atoms with E-state index in [4.69, 9.17) is 4.74 Å². The summed E-state index contributed by atoms with van der Waals surface area (Å²) in [5.74, 6) is 0.00974. The number of rotatable bonds is 6. The van der Waals surface area contributed by atoms with Gasteiger partial charge in [-0.25, -0.2) is 9.79 Å². The maximum atomic E-state index is 12.8. The highest BCUT2D eigenvalue weighted by Gasteiger charge is 2.13. The van der Waals surface area contributed by atoms with E-state index < -0.39 is 5.97 Å². The molecule has 3 rings (SSSR count). The number of hydrogen-bond donors (Lipinski definition) is 2. The monoisotopic (exact) mass is 432 g/mol. The molecule has 0 unspecified atom stereocenters. The molecular weight excluding hydrogens is 408 g/mol. The largest absolute Gasteiger partial charge is 0.495 e. The number of nitrogens with zero attached hydrogens (tertiary/aromatic N) is 2. The third-order valence-electron chi connectivity index (χ3n) is 4.55. The summed E-state index contributed by atoms with van der Waals surface area (Å²) in [7, 11) is 2.88. The zero-order chi connectivity index (χ0) is 22.9. The summed E-state index contributed by atoms with van der Waals surface area (Å²) >= 11 is 0. The van der Waals surface area contributed by atoms with Crippen molar-refractivity contribution in [3.05, 3.63) is 89.2 Å². The first-order valence-electron chi connectivity index (χ1n) is 9.85. The van der Waals surface area contributed by atoms with Crippen LogP contribution in [0.5, 0.6) is 5.75 Å². The highest BCUT2D eigenvalue weighted by molar-refractivity contribution is 6.10. The molecule has 0 aliphatic carbocycles. The van der Waals surface area contributed by atoms with Gasteiger partial charge in [0.25, 0.3) is 5.91 Å². The number of benzene rings is 2. The molecular formula is C24H24N4O4. The Hall–Kier alpha value is -4.20. The Labute approximate surface area is 186 Å². The Balaban J connectivity index is 1.84. The summed E-state index contributed by atoms with van der Waals surface area (Å²) < 4.78 is 10.1. The average Bonchev–Trinajstić information content (AvgIpc) is 2.83. The Morgan fingerprint density at radius 3 is 2.44 bits per heavy atom. The fourth-order valence-corrected chi connectivity index (χ4v) is 2.87. The van der Waals surface area contributed by atoms with Crippen LogP contribution in [0, 0.1) is 6.92 Å². The fraction of sp³-hybridized carbons (Fsp3) is 0.167. The van der Waals surface area contributed by atoms with Crippen molar-refractivity contribution in [1.82, 2.24) is 10.3 Å². The molecule has 8 nitrogen and oxygen atoms in total. The van der Waals surface area contributed by atoms with Gasteiger partial charge < -0.3 is 14.8 Å². The van der Waals surface area contributed by atoms with Crippen molar-refractivity contribution >= 4 is 23.5 Å². The predicted octanol–water partition coefficient (Wildman–Crippen LogP) is 3.58. The van der Waals surface area contributed by atoms with E-state index in [1.165, 1.54) is 19.2 Å². The van der Waals surface area contributed by atoms with Crippen LogP contribution in [0.15, 0.2) is 72.0 Å². The van der Waals surface area contributed by atoms with E-state index >= 15 is 0 Å². The van der Waals surface area contributed by atoms with Crippen molar-refractivity contribution in [2.24, 2.45) is 4.99 Å². The van der Waals surface area contributed by atoms with Gasteiger partial charge in [-0.3, -0.25) is 15.1 Å². The van der Waals surface area contributed by atoms with Crippen molar-refractivity contribution in [3.63, 3.8) is 0 Å². The second kappa shape index (κ2) is 10.7. The van der Waals surface area contributed by atoms with Gasteiger partial charge in [0, 0.05) is 18.0 Å². The smallest absolute Gasteiger partial charge is 0.337 e. The van der Waals surface area contributed by atoms with Gasteiger partial charge in [-0.15, -0.1) is 0 Å². The van der Waals surface area contributed by atoms with E-state index in [1.807, 2.05) is 37.3 Å². The van der Waals surface area contributed by atoms with Crippen LogP contribution in [0.2, 0.25) is 0 Å². The molecule has 0 aliphatic rings. The van der Waals surface area contributed by atoms with Gasteiger partial charge in [0.05, 0.1) is 32.0 Å². The average molecular weight is 432 g/mol. The fourth-order valence-electron chi connectivity index (χ4n) is 2.87. The molecule has 1 heterocycles. The SMILES string of the molecule is COC(=O)c1ccc(C(=O)NC(=NCc2cccnc2)Nc2cc(C)ccc2OC)cc1. The number of anilines is 1. The summed E-state index contributed by atoms with van der Waals surface area (Å²) in [6.45, 7) is 2.27. The minimum absolute atomic E-state index is 0.250. The molecule has 1 amide bonds. The van der Waals surface area contributed by atoms with E-state index in [1.54, 1.807) is 31.6 Å². The Bertz CT molecular complexity index is 1110. The number of aryl methyl sites for hydroxylation is 1. The maximum Gasteiger partial charge on any atom is 0.337 e. The van der Waals surface area contributed by atoms with Crippen LogP contribution < -0.4 is 15.4 Å². The molecule has 0 fully saturated rings. The normalized spacial score (nSPS) is 10.9. The minimum Gasteiger partial charge on any atom is -0.495 e. The van der Waals surface area contributed by atoms with Crippen molar-refractivity contribution in [1.29, 1.82) is 0 Å². The topological polar surface area (TPSA) is 102 Å². The predicted molar refractivity (Wildman–Crippen MR) is 122 cm³/mol. The zero-order valence-corrected chi connectivity index (χ0v) is 18.1. The van der Waals surface area contributed by atoms with Crippen molar-refractivity contribution in [3.8, 4) is 5.75 Å². The van der Waals surface area contributed by atoms with Crippen LogP contribution in [0.1, 0.15) is 31.8 Å². The molecule has 8 heteroatoms. The van der Waals surface area contributed by atoms with Gasteiger partial charge in [-0.05, 0) is 60.5 Å². The number of aliphatic imine (C=N–C) groups is 1. The number of esters is 1. The summed E-state index contributed by atoms with van der Waals surface area (Å²) in [5, 5.41) is 5.94. The standard InChI is InChI=1S/C24H24N4O4/c1-16-6-11-21(31-2)20(13-16)27-24(26-15-17-5-4-12-25-14-17)28-22(29)18-7-9-19(10-8-18)23(30)32-3/h4-14H,15H2,1-3H3,(H2,26,27,28,29). The molecule has 0 saturated heterocycles. The van der Waals surface area contributed by atoms with Crippen molar-refractivity contribution < 1.29 is 19.1 Å². The summed E-state index contributed by atoms with van der Waals surface area (Å²) in [6.07, 6.45) is 3.39. The highest BCUT2D eigenvalue weighted by Crippen LogP contribution is 2.25. The van der Waals surface area contributed by atoms with Gasteiger partial charge in [-0.2, -0.15) is 0 Å². The van der Waals surface area contributed by atoms with E-state index in [-0.39, 0.29) is 11.9 Å². The lowest BCUT2D eigenvalue weighted by molar-refractivity contribution is 0.0600. The van der Waals surface area contributed by atoms with Crippen molar-refractivity contribution in [2.75, 3.05) is 19.5 Å². The number of guanidine groups is 1. The summed E-state index contributed by atoms with van der Waals surface area (Å²) in [6, 6.07) is 15.5. The number of methoxy groups -OCH3 is 2. The summed E-state index contributed by atoms with van der Waals surface area (Å²) in [5.41, 5.74) is 3.30. The van der Waals surface area contributed by atoms with Crippen LogP contribution in [0.4, 0.5) is 5.69 Å². The van der Waals surface area contributed by atoms with Gasteiger partial charge in [0.1, 0.15) is 5.75 Å². The van der Waals surface area contributed by atoms with Crippen LogP contribution in [-0.4, -0.2) is 37.0 Å². The molecule has 0 saturated carbocycles. The second-order valence-electron chi connectivity index (χ2n) is 6.88. The quantitative estimate of drug-likeness (QED) is 0.351. The number of ether oxygens (including phenoxy) is 2. The Kier molecular flexibility index (Phi) is 7.53. The minimum atomic E-state index is -0.469. The van der Waals surface area contributed by atoms with E-state index in [9.17, 15) is 9.59 Å². The lowest BCUT2D eigenvalue weighted by Crippen LogP contribution is -2.36. The number of nitrogens with one attached hydrogen (secondary N) is 2. The molecule has 32 heavy (non-hydrogen) atoms. The first kappa shape index (κ1) is 22.5. The molecule has 164 valence electrons. The number of carbonyl (C=O) groups excluding carboxylic acids is 2. The van der Waals surface area contributed by atoms with Gasteiger partial charge in [0.2, 0.25) is 5.96 Å². The lowest BCUT2D eigenvalue weighted by atomic mass is 10.1. The van der Waals surface area contributed by atoms with E-state index in [2.05, 4.69) is 25.3 Å². The van der Waals surface area contributed by atoms with E-state index in [0.29, 0.717) is 29.1 Å². The van der Waals surface area contributed by atoms with Crippen LogP contribution in [0.3, 0.4) is 0 Å². The molecule has 0 aliphatic heterocycles. The number of hydrogen-bond acceptors (Lipinski definition) is 6. The second-order valence-corrected chi connectivity index (χ2v) is 6.88. The summed E-state index contributed by atoms with van der Waals surface area (Å²) in [4.78, 5) is 33.1.